The van der Waals surface area contributed by atoms with Gasteiger partial charge in [-0.15, -0.1) is 11.8 Å². The Hall–Kier alpha value is -1.42. The standard InChI is InChI=1S/C20H26N2O6S.Na/c1-6-20(4,28-12-10-8-7-9-11(12)27-5)18(26)21-13-15(23)22-14(17(24)25)19(2,3)29-16(13)22;/h7-10,13-14,16H,6H2,1-5H3,(H,21,26)(H,24,25);/q;+1/p-1/t13-,14+,16-,20?;/m1./s1. The third-order valence-electron chi connectivity index (χ3n) is 5.51. The maximum absolute atomic E-state index is 13.0. The monoisotopic (exact) mass is 444 g/mol. The van der Waals surface area contributed by atoms with Crippen molar-refractivity contribution < 1.29 is 58.5 Å². The predicted octanol–water partition coefficient (Wildman–Crippen LogP) is -2.46. The average molecular weight is 444 g/mol. The van der Waals surface area contributed by atoms with Crippen LogP contribution in [0.1, 0.15) is 34.1 Å². The molecule has 2 heterocycles. The van der Waals surface area contributed by atoms with Crippen molar-refractivity contribution in [2.75, 3.05) is 7.11 Å². The number of hydrogen-bond donors (Lipinski definition) is 1. The molecule has 2 saturated heterocycles. The van der Waals surface area contributed by atoms with Gasteiger partial charge in [-0.1, -0.05) is 19.1 Å². The van der Waals surface area contributed by atoms with Crippen molar-refractivity contribution in [1.82, 2.24) is 10.2 Å². The van der Waals surface area contributed by atoms with Gasteiger partial charge in [-0.25, -0.2) is 0 Å². The van der Waals surface area contributed by atoms with E-state index in [0.29, 0.717) is 17.9 Å². The van der Waals surface area contributed by atoms with E-state index >= 15 is 0 Å². The van der Waals surface area contributed by atoms with Crippen LogP contribution in [-0.4, -0.2) is 57.6 Å². The Labute approximate surface area is 202 Å². The normalized spacial score (nSPS) is 25.8. The fraction of sp³-hybridized carbons (Fsp3) is 0.550. The molecule has 0 saturated carbocycles. The number of carbonyl (C=O) groups excluding carboxylic acids is 3. The van der Waals surface area contributed by atoms with Gasteiger partial charge in [0.2, 0.25) is 5.91 Å². The number of fused-ring (bicyclic) bond motifs is 1. The summed E-state index contributed by atoms with van der Waals surface area (Å²) in [6.45, 7) is 6.96. The Kier molecular flexibility index (Phi) is 7.44. The van der Waals surface area contributed by atoms with Crippen molar-refractivity contribution in [2.24, 2.45) is 0 Å². The van der Waals surface area contributed by atoms with E-state index in [2.05, 4.69) is 5.32 Å². The zero-order valence-electron chi connectivity index (χ0n) is 18.1. The first kappa shape index (κ1) is 24.8. The summed E-state index contributed by atoms with van der Waals surface area (Å²) in [4.78, 5) is 38.4. The number of carbonyl (C=O) groups is 3. The fourth-order valence-electron chi connectivity index (χ4n) is 3.65. The summed E-state index contributed by atoms with van der Waals surface area (Å²) in [6.07, 6.45) is 0.354. The molecule has 1 unspecified atom stereocenters. The van der Waals surface area contributed by atoms with Gasteiger partial charge in [0.15, 0.2) is 17.1 Å². The van der Waals surface area contributed by atoms with E-state index in [1.807, 2.05) is 6.92 Å². The number of carboxylic acid groups (broad SMARTS) is 1. The first-order chi connectivity index (χ1) is 13.6. The smallest absolute Gasteiger partial charge is 0.548 e. The van der Waals surface area contributed by atoms with Crippen LogP contribution >= 0.6 is 11.8 Å². The van der Waals surface area contributed by atoms with E-state index in [4.69, 9.17) is 9.47 Å². The summed E-state index contributed by atoms with van der Waals surface area (Å²) in [5.74, 6) is -1.24. The number of aliphatic carboxylic acids is 1. The zero-order chi connectivity index (χ0) is 21.6. The number of methoxy groups -OCH3 is 1. The molecule has 1 aromatic carbocycles. The van der Waals surface area contributed by atoms with Gasteiger partial charge >= 0.3 is 29.6 Å². The van der Waals surface area contributed by atoms with E-state index < -0.39 is 45.6 Å². The van der Waals surface area contributed by atoms with Gasteiger partial charge in [-0.3, -0.25) is 9.59 Å². The molecule has 2 aliphatic heterocycles. The Morgan fingerprint density at radius 3 is 2.43 bits per heavy atom. The molecule has 1 N–H and O–H groups in total. The van der Waals surface area contributed by atoms with E-state index in [-0.39, 0.29) is 29.6 Å². The van der Waals surface area contributed by atoms with Crippen LogP contribution in [0.5, 0.6) is 11.5 Å². The van der Waals surface area contributed by atoms with Gasteiger partial charge in [-0.2, -0.15) is 0 Å². The number of hydrogen-bond acceptors (Lipinski definition) is 7. The number of para-hydroxylation sites is 2. The third-order valence-corrected chi connectivity index (χ3v) is 7.08. The van der Waals surface area contributed by atoms with Crippen molar-refractivity contribution >= 4 is 29.5 Å². The summed E-state index contributed by atoms with van der Waals surface area (Å²) < 4.78 is 10.5. The van der Waals surface area contributed by atoms with Crippen LogP contribution in [0.15, 0.2) is 24.3 Å². The molecular weight excluding hydrogens is 419 g/mol. The number of benzene rings is 1. The van der Waals surface area contributed by atoms with Crippen molar-refractivity contribution in [3.05, 3.63) is 24.3 Å². The first-order valence-electron chi connectivity index (χ1n) is 9.39. The van der Waals surface area contributed by atoms with Gasteiger partial charge in [0.1, 0.15) is 11.4 Å². The van der Waals surface area contributed by atoms with Gasteiger partial charge in [-0.05, 0) is 39.3 Å². The molecule has 0 spiro atoms. The summed E-state index contributed by atoms with van der Waals surface area (Å²) in [7, 11) is 1.51. The second-order valence-electron chi connectivity index (χ2n) is 7.87. The van der Waals surface area contributed by atoms with Crippen LogP contribution in [0.2, 0.25) is 0 Å². The molecule has 0 aliphatic carbocycles. The van der Waals surface area contributed by atoms with Crippen molar-refractivity contribution in [3.8, 4) is 11.5 Å². The topological polar surface area (TPSA) is 108 Å². The molecule has 0 radical (unpaired) electrons. The number of nitrogens with one attached hydrogen (secondary N) is 1. The van der Waals surface area contributed by atoms with Crippen LogP contribution in [0, 0.1) is 0 Å². The van der Waals surface area contributed by atoms with Gasteiger partial charge in [0, 0.05) is 4.75 Å². The molecule has 2 amide bonds. The maximum atomic E-state index is 13.0. The molecule has 158 valence electrons. The average Bonchev–Trinajstić information content (AvgIpc) is 2.94. The first-order valence-corrected chi connectivity index (χ1v) is 10.3. The quantitative estimate of drug-likeness (QED) is 0.367. The second-order valence-corrected chi connectivity index (χ2v) is 9.64. The maximum Gasteiger partial charge on any atom is 1.00 e. The van der Waals surface area contributed by atoms with Crippen LogP contribution in [-0.2, 0) is 14.4 Å². The molecular formula is C20H25N2NaO6S. The van der Waals surface area contributed by atoms with Crippen LogP contribution in [0.3, 0.4) is 0 Å². The van der Waals surface area contributed by atoms with E-state index in [1.54, 1.807) is 45.0 Å². The summed E-state index contributed by atoms with van der Waals surface area (Å²) in [6, 6.07) is 5.17. The Morgan fingerprint density at radius 2 is 1.90 bits per heavy atom. The molecule has 8 nitrogen and oxygen atoms in total. The largest absolute Gasteiger partial charge is 1.00 e. The Bertz CT molecular complexity index is 850. The molecule has 2 aliphatic rings. The Morgan fingerprint density at radius 1 is 1.30 bits per heavy atom. The summed E-state index contributed by atoms with van der Waals surface area (Å²) >= 11 is 1.34. The predicted molar refractivity (Wildman–Crippen MR) is 105 cm³/mol. The fourth-order valence-corrected chi connectivity index (χ4v) is 5.27. The molecule has 4 atom stereocenters. The molecule has 1 aromatic rings. The number of thioether (sulfide) groups is 1. The molecule has 3 rings (SSSR count). The minimum absolute atomic E-state index is 0. The van der Waals surface area contributed by atoms with Gasteiger partial charge < -0.3 is 29.6 Å². The Balaban J connectivity index is 0.00000320. The molecule has 2 fully saturated rings. The van der Waals surface area contributed by atoms with Crippen LogP contribution in [0.4, 0.5) is 0 Å². The zero-order valence-corrected chi connectivity index (χ0v) is 20.9. The van der Waals surface area contributed by atoms with Crippen molar-refractivity contribution in [1.29, 1.82) is 0 Å². The summed E-state index contributed by atoms with van der Waals surface area (Å²) in [5, 5.41) is 13.8. The second kappa shape index (κ2) is 8.98. The third kappa shape index (κ3) is 4.17. The minimum atomic E-state index is -1.29. The number of β-lactam (4-membered cyclic amide) rings is 1. The number of amides is 2. The van der Waals surface area contributed by atoms with Gasteiger partial charge in [0.05, 0.1) is 19.1 Å². The number of rotatable bonds is 7. The van der Waals surface area contributed by atoms with Crippen molar-refractivity contribution in [3.63, 3.8) is 0 Å². The van der Waals surface area contributed by atoms with E-state index in [0.717, 1.165) is 0 Å². The van der Waals surface area contributed by atoms with Crippen LogP contribution in [0.25, 0.3) is 0 Å². The molecule has 30 heavy (non-hydrogen) atoms. The SMILES string of the molecule is CCC(C)(Oc1ccccc1OC)C(=O)N[C@@H]1C(=O)N2[C@@H]1SC(C)(C)[C@@H]2C(=O)[O-].[Na+]. The number of carboxylic acids is 1. The minimum Gasteiger partial charge on any atom is -0.548 e. The summed E-state index contributed by atoms with van der Waals surface area (Å²) in [5.41, 5.74) is -1.23. The van der Waals surface area contributed by atoms with E-state index in [9.17, 15) is 19.5 Å². The number of ether oxygens (including phenoxy) is 2. The molecule has 0 aromatic heterocycles. The number of nitrogens with zero attached hydrogens (tertiary/aromatic N) is 1. The van der Waals surface area contributed by atoms with Gasteiger partial charge in [0.25, 0.3) is 5.91 Å². The van der Waals surface area contributed by atoms with E-state index in [1.165, 1.54) is 23.8 Å². The molecule has 0 bridgehead atoms. The molecule has 10 heteroatoms. The van der Waals surface area contributed by atoms with Crippen LogP contribution < -0.4 is 49.5 Å². The van der Waals surface area contributed by atoms with Crippen molar-refractivity contribution in [2.45, 2.75) is 61.9 Å².